The molecule has 0 fully saturated rings. The van der Waals surface area contributed by atoms with Gasteiger partial charge in [0.05, 0.1) is 11.1 Å². The van der Waals surface area contributed by atoms with E-state index in [1.54, 1.807) is 0 Å². The summed E-state index contributed by atoms with van der Waals surface area (Å²) in [7, 11) is 0. The summed E-state index contributed by atoms with van der Waals surface area (Å²) in [4.78, 5) is 12.1. The highest BCUT2D eigenvalue weighted by Crippen LogP contribution is 2.24. The number of alkyl halides is 2. The SMILES string of the molecule is O=C(c1ccccc1F)c1ccccc1OC(F)F. The molecule has 0 amide bonds. The summed E-state index contributed by atoms with van der Waals surface area (Å²) >= 11 is 0. The van der Waals surface area contributed by atoms with Crippen LogP contribution in [-0.4, -0.2) is 12.4 Å². The molecule has 0 aliphatic rings. The number of hydrogen-bond donors (Lipinski definition) is 0. The first kappa shape index (κ1) is 13.1. The molecule has 2 nitrogen and oxygen atoms in total. The minimum atomic E-state index is -3.05. The van der Waals surface area contributed by atoms with Crippen LogP contribution in [0.2, 0.25) is 0 Å². The van der Waals surface area contributed by atoms with Crippen molar-refractivity contribution in [1.82, 2.24) is 0 Å². The third kappa shape index (κ3) is 2.93. The fourth-order valence-corrected chi connectivity index (χ4v) is 1.64. The lowest BCUT2D eigenvalue weighted by Crippen LogP contribution is -2.10. The predicted molar refractivity (Wildman–Crippen MR) is 62.9 cm³/mol. The van der Waals surface area contributed by atoms with Crippen molar-refractivity contribution in [2.45, 2.75) is 6.61 Å². The van der Waals surface area contributed by atoms with E-state index in [9.17, 15) is 18.0 Å². The van der Waals surface area contributed by atoms with E-state index in [-0.39, 0.29) is 16.9 Å². The van der Waals surface area contributed by atoms with Gasteiger partial charge in [-0.25, -0.2) is 4.39 Å². The quantitative estimate of drug-likeness (QED) is 0.789. The first-order valence-electron chi connectivity index (χ1n) is 5.42. The standard InChI is InChI=1S/C14H9F3O2/c15-11-7-3-1-5-9(11)13(18)10-6-2-4-8-12(10)19-14(16)17/h1-8,14H. The van der Waals surface area contributed by atoms with Gasteiger partial charge in [-0.2, -0.15) is 8.78 Å². The van der Waals surface area contributed by atoms with E-state index in [1.165, 1.54) is 42.5 Å². The molecule has 0 saturated heterocycles. The Morgan fingerprint density at radius 1 is 0.947 bits per heavy atom. The molecule has 0 radical (unpaired) electrons. The van der Waals surface area contributed by atoms with Crippen molar-refractivity contribution in [3.8, 4) is 5.75 Å². The Hall–Kier alpha value is -2.30. The Morgan fingerprint density at radius 3 is 2.16 bits per heavy atom. The third-order valence-corrected chi connectivity index (χ3v) is 2.47. The second-order valence-corrected chi connectivity index (χ2v) is 3.68. The molecule has 0 spiro atoms. The zero-order valence-corrected chi connectivity index (χ0v) is 9.65. The van der Waals surface area contributed by atoms with Crippen LogP contribution in [0.4, 0.5) is 13.2 Å². The second-order valence-electron chi connectivity index (χ2n) is 3.68. The minimum Gasteiger partial charge on any atom is -0.434 e. The van der Waals surface area contributed by atoms with Crippen molar-refractivity contribution in [2.24, 2.45) is 0 Å². The van der Waals surface area contributed by atoms with Gasteiger partial charge in [0.2, 0.25) is 0 Å². The molecule has 0 unspecified atom stereocenters. The number of ketones is 1. The molecule has 0 bridgehead atoms. The topological polar surface area (TPSA) is 26.3 Å². The average molecular weight is 266 g/mol. The van der Waals surface area contributed by atoms with Crippen molar-refractivity contribution in [2.75, 3.05) is 0 Å². The van der Waals surface area contributed by atoms with Gasteiger partial charge in [0.25, 0.3) is 0 Å². The summed E-state index contributed by atoms with van der Waals surface area (Å²) in [5, 5.41) is 0. The van der Waals surface area contributed by atoms with Crippen molar-refractivity contribution >= 4 is 5.78 Å². The van der Waals surface area contributed by atoms with Gasteiger partial charge in [-0.1, -0.05) is 24.3 Å². The molecule has 0 heterocycles. The van der Waals surface area contributed by atoms with E-state index in [1.807, 2.05) is 0 Å². The zero-order valence-electron chi connectivity index (χ0n) is 9.65. The first-order valence-corrected chi connectivity index (χ1v) is 5.42. The van der Waals surface area contributed by atoms with Crippen LogP contribution >= 0.6 is 0 Å². The number of para-hydroxylation sites is 1. The van der Waals surface area contributed by atoms with E-state index < -0.39 is 18.2 Å². The van der Waals surface area contributed by atoms with Gasteiger partial charge in [-0.15, -0.1) is 0 Å². The van der Waals surface area contributed by atoms with Crippen molar-refractivity contribution in [3.63, 3.8) is 0 Å². The molecular weight excluding hydrogens is 257 g/mol. The highest BCUT2D eigenvalue weighted by Gasteiger charge is 2.19. The van der Waals surface area contributed by atoms with Crippen LogP contribution in [0.3, 0.4) is 0 Å². The minimum absolute atomic E-state index is 0.104. The molecule has 2 rings (SSSR count). The van der Waals surface area contributed by atoms with Crippen molar-refractivity contribution in [3.05, 3.63) is 65.5 Å². The van der Waals surface area contributed by atoms with E-state index in [0.717, 1.165) is 6.07 Å². The molecule has 2 aromatic rings. The Bertz CT molecular complexity index is 597. The molecule has 0 aromatic heterocycles. The normalized spacial score (nSPS) is 10.5. The Morgan fingerprint density at radius 2 is 1.53 bits per heavy atom. The van der Waals surface area contributed by atoms with Crippen LogP contribution in [0, 0.1) is 5.82 Å². The average Bonchev–Trinajstić information content (AvgIpc) is 2.38. The predicted octanol–water partition coefficient (Wildman–Crippen LogP) is 3.66. The molecule has 0 atom stereocenters. The summed E-state index contributed by atoms with van der Waals surface area (Å²) in [6, 6.07) is 10.8. The summed E-state index contributed by atoms with van der Waals surface area (Å²) in [6.45, 7) is -3.05. The lowest BCUT2D eigenvalue weighted by Gasteiger charge is -2.09. The molecule has 0 N–H and O–H groups in total. The smallest absolute Gasteiger partial charge is 0.387 e. The Balaban J connectivity index is 2.42. The van der Waals surface area contributed by atoms with E-state index in [4.69, 9.17) is 0 Å². The van der Waals surface area contributed by atoms with Crippen LogP contribution in [0.1, 0.15) is 15.9 Å². The maximum atomic E-state index is 13.5. The van der Waals surface area contributed by atoms with E-state index >= 15 is 0 Å². The maximum absolute atomic E-state index is 13.5. The number of hydrogen-bond acceptors (Lipinski definition) is 2. The van der Waals surface area contributed by atoms with Gasteiger partial charge in [-0.3, -0.25) is 4.79 Å². The third-order valence-electron chi connectivity index (χ3n) is 2.47. The highest BCUT2D eigenvalue weighted by atomic mass is 19.3. The van der Waals surface area contributed by atoms with Crippen molar-refractivity contribution in [1.29, 1.82) is 0 Å². The van der Waals surface area contributed by atoms with Crippen LogP contribution < -0.4 is 4.74 Å². The van der Waals surface area contributed by atoms with Gasteiger partial charge < -0.3 is 4.74 Å². The maximum Gasteiger partial charge on any atom is 0.387 e. The first-order chi connectivity index (χ1) is 9.09. The molecular formula is C14H9F3O2. The zero-order chi connectivity index (χ0) is 13.8. The summed E-state index contributed by atoms with van der Waals surface area (Å²) in [6.07, 6.45) is 0. The van der Waals surface area contributed by atoms with Gasteiger partial charge in [0.1, 0.15) is 11.6 Å². The van der Waals surface area contributed by atoms with Crippen LogP contribution in [0.15, 0.2) is 48.5 Å². The fraction of sp³-hybridized carbons (Fsp3) is 0.0714. The lowest BCUT2D eigenvalue weighted by molar-refractivity contribution is -0.0501. The van der Waals surface area contributed by atoms with Crippen LogP contribution in [0.25, 0.3) is 0 Å². The van der Waals surface area contributed by atoms with Gasteiger partial charge in [-0.05, 0) is 24.3 Å². The largest absolute Gasteiger partial charge is 0.434 e. The van der Waals surface area contributed by atoms with Gasteiger partial charge >= 0.3 is 6.61 Å². The van der Waals surface area contributed by atoms with Crippen molar-refractivity contribution < 1.29 is 22.7 Å². The Labute approximate surface area is 107 Å². The van der Waals surface area contributed by atoms with Crippen LogP contribution in [-0.2, 0) is 0 Å². The summed E-state index contributed by atoms with van der Waals surface area (Å²) in [5.74, 6) is -1.68. The van der Waals surface area contributed by atoms with Gasteiger partial charge in [0, 0.05) is 0 Å². The number of rotatable bonds is 4. The second kappa shape index (κ2) is 5.56. The molecule has 0 aliphatic carbocycles. The number of carbonyl (C=O) groups excluding carboxylic acids is 1. The number of ether oxygens (including phenoxy) is 1. The fourth-order valence-electron chi connectivity index (χ4n) is 1.64. The van der Waals surface area contributed by atoms with E-state index in [2.05, 4.69) is 4.74 Å². The highest BCUT2D eigenvalue weighted by molar-refractivity contribution is 6.10. The molecule has 0 aliphatic heterocycles. The molecule has 2 aromatic carbocycles. The lowest BCUT2D eigenvalue weighted by atomic mass is 10.0. The summed E-state index contributed by atoms with van der Waals surface area (Å²) in [5.41, 5.74) is -0.291. The number of benzene rings is 2. The Kier molecular flexibility index (Phi) is 3.85. The monoisotopic (exact) mass is 266 g/mol. The summed E-state index contributed by atoms with van der Waals surface area (Å²) < 4.78 is 42.2. The molecule has 0 saturated carbocycles. The van der Waals surface area contributed by atoms with Gasteiger partial charge in [0.15, 0.2) is 5.78 Å². The molecule has 19 heavy (non-hydrogen) atoms. The molecule has 5 heteroatoms. The molecule has 98 valence electrons. The number of carbonyl (C=O) groups is 1. The number of halogens is 3. The van der Waals surface area contributed by atoms with Crippen LogP contribution in [0.5, 0.6) is 5.75 Å². The van der Waals surface area contributed by atoms with E-state index in [0.29, 0.717) is 0 Å².